The van der Waals surface area contributed by atoms with Crippen molar-refractivity contribution < 1.29 is 0 Å². The topological polar surface area (TPSA) is 0 Å². The quantitative estimate of drug-likeness (QED) is 0.489. The fraction of sp³-hybridized carbons (Fsp3) is 0.538. The summed E-state index contributed by atoms with van der Waals surface area (Å²) in [6, 6.07) is 0. The zero-order chi connectivity index (χ0) is 9.64. The molecule has 2 fully saturated rings. The lowest BCUT2D eigenvalue weighted by molar-refractivity contribution is 0.315. The highest BCUT2D eigenvalue weighted by molar-refractivity contribution is 5.36. The first-order valence-corrected chi connectivity index (χ1v) is 5.06. The van der Waals surface area contributed by atoms with Crippen molar-refractivity contribution in [1.29, 1.82) is 0 Å². The fourth-order valence-electron chi connectivity index (χ4n) is 3.01. The second-order valence-corrected chi connectivity index (χ2v) is 5.00. The van der Waals surface area contributed by atoms with Gasteiger partial charge in [0.05, 0.1) is 0 Å². The summed E-state index contributed by atoms with van der Waals surface area (Å²) in [4.78, 5) is 0. The summed E-state index contributed by atoms with van der Waals surface area (Å²) in [5.74, 6) is 0.707. The molecule has 0 bridgehead atoms. The van der Waals surface area contributed by atoms with Crippen LogP contribution in [0.5, 0.6) is 0 Å². The van der Waals surface area contributed by atoms with Crippen LogP contribution in [0.2, 0.25) is 0 Å². The van der Waals surface area contributed by atoms with Crippen molar-refractivity contribution in [2.75, 3.05) is 0 Å². The van der Waals surface area contributed by atoms with Gasteiger partial charge in [-0.25, -0.2) is 0 Å². The van der Waals surface area contributed by atoms with E-state index in [4.69, 9.17) is 0 Å². The first-order valence-electron chi connectivity index (χ1n) is 5.06. The summed E-state index contributed by atoms with van der Waals surface area (Å²) in [6.45, 7) is 14.6. The van der Waals surface area contributed by atoms with E-state index in [1.54, 1.807) is 0 Å². The standard InChI is InChI=1S/C13H18/c1-9-5-13(6-10(9)2)7-11(3)12(4)8-13/h12H,1-3,5-8H2,4H3. The fourth-order valence-corrected chi connectivity index (χ4v) is 3.01. The van der Waals surface area contributed by atoms with E-state index in [-0.39, 0.29) is 0 Å². The Kier molecular flexibility index (Phi) is 1.76. The Bertz CT molecular complexity index is 277. The normalized spacial score (nSPS) is 32.1. The van der Waals surface area contributed by atoms with Crippen molar-refractivity contribution in [3.63, 3.8) is 0 Å². The van der Waals surface area contributed by atoms with Crippen molar-refractivity contribution in [2.45, 2.75) is 32.6 Å². The molecule has 0 saturated heterocycles. The van der Waals surface area contributed by atoms with Gasteiger partial charge in [0.15, 0.2) is 0 Å². The maximum atomic E-state index is 4.14. The monoisotopic (exact) mass is 174 g/mol. The molecule has 2 aliphatic carbocycles. The number of hydrogen-bond acceptors (Lipinski definition) is 0. The molecule has 1 spiro atoms. The Morgan fingerprint density at radius 2 is 1.62 bits per heavy atom. The molecule has 0 heterocycles. The van der Waals surface area contributed by atoms with E-state index in [0.29, 0.717) is 11.3 Å². The van der Waals surface area contributed by atoms with Crippen LogP contribution in [0.3, 0.4) is 0 Å². The molecule has 2 saturated carbocycles. The molecule has 1 unspecified atom stereocenters. The zero-order valence-electron chi connectivity index (χ0n) is 8.53. The summed E-state index contributed by atoms with van der Waals surface area (Å²) >= 11 is 0. The molecule has 0 heteroatoms. The predicted molar refractivity (Wildman–Crippen MR) is 57.5 cm³/mol. The van der Waals surface area contributed by atoms with E-state index in [1.165, 1.54) is 29.6 Å². The van der Waals surface area contributed by atoms with Crippen molar-refractivity contribution in [3.05, 3.63) is 36.5 Å². The molecule has 0 aromatic heterocycles. The van der Waals surface area contributed by atoms with Gasteiger partial charge < -0.3 is 0 Å². The Labute approximate surface area is 81.0 Å². The Morgan fingerprint density at radius 3 is 2.00 bits per heavy atom. The molecule has 0 aromatic rings. The third-order valence-corrected chi connectivity index (χ3v) is 3.71. The number of hydrogen-bond donors (Lipinski definition) is 0. The largest absolute Gasteiger partial charge is 0.0996 e. The Balaban J connectivity index is 2.22. The van der Waals surface area contributed by atoms with Gasteiger partial charge in [-0.05, 0) is 37.0 Å². The van der Waals surface area contributed by atoms with Crippen LogP contribution in [0, 0.1) is 11.3 Å². The molecule has 2 rings (SSSR count). The minimum absolute atomic E-state index is 0.477. The molecule has 0 aliphatic heterocycles. The Morgan fingerprint density at radius 1 is 1.08 bits per heavy atom. The smallest absolute Gasteiger partial charge is 0.0174 e. The molecular formula is C13H18. The van der Waals surface area contributed by atoms with E-state index < -0.39 is 0 Å². The molecule has 0 radical (unpaired) electrons. The van der Waals surface area contributed by atoms with Crippen LogP contribution in [0.4, 0.5) is 0 Å². The zero-order valence-corrected chi connectivity index (χ0v) is 8.53. The van der Waals surface area contributed by atoms with Crippen LogP contribution in [-0.2, 0) is 0 Å². The number of rotatable bonds is 0. The molecule has 70 valence electrons. The maximum absolute atomic E-state index is 4.14. The number of allylic oxidation sites excluding steroid dienone is 3. The molecule has 0 amide bonds. The lowest BCUT2D eigenvalue weighted by Crippen LogP contribution is -2.10. The van der Waals surface area contributed by atoms with E-state index in [1.807, 2.05) is 0 Å². The second kappa shape index (κ2) is 2.60. The lowest BCUT2D eigenvalue weighted by atomic mass is 9.83. The summed E-state index contributed by atoms with van der Waals surface area (Å²) in [6.07, 6.45) is 4.82. The summed E-state index contributed by atoms with van der Waals surface area (Å²) < 4.78 is 0. The van der Waals surface area contributed by atoms with E-state index in [0.717, 1.165) is 12.8 Å². The van der Waals surface area contributed by atoms with Gasteiger partial charge >= 0.3 is 0 Å². The Hall–Kier alpha value is -0.780. The minimum atomic E-state index is 0.477. The van der Waals surface area contributed by atoms with Gasteiger partial charge in [-0.2, -0.15) is 0 Å². The van der Waals surface area contributed by atoms with E-state index in [2.05, 4.69) is 26.7 Å². The van der Waals surface area contributed by atoms with Crippen LogP contribution >= 0.6 is 0 Å². The van der Waals surface area contributed by atoms with Gasteiger partial charge in [0.1, 0.15) is 0 Å². The highest BCUT2D eigenvalue weighted by Crippen LogP contribution is 2.56. The van der Waals surface area contributed by atoms with Crippen LogP contribution in [-0.4, -0.2) is 0 Å². The summed E-state index contributed by atoms with van der Waals surface area (Å²) in [7, 11) is 0. The van der Waals surface area contributed by atoms with Crippen molar-refractivity contribution in [2.24, 2.45) is 11.3 Å². The molecule has 0 nitrogen and oxygen atoms in total. The van der Waals surface area contributed by atoms with Gasteiger partial charge in [0.2, 0.25) is 0 Å². The third kappa shape index (κ3) is 1.29. The molecule has 0 aromatic carbocycles. The predicted octanol–water partition coefficient (Wildman–Crippen LogP) is 3.87. The molecule has 13 heavy (non-hydrogen) atoms. The van der Waals surface area contributed by atoms with E-state index >= 15 is 0 Å². The van der Waals surface area contributed by atoms with E-state index in [9.17, 15) is 0 Å². The highest BCUT2D eigenvalue weighted by atomic mass is 14.5. The van der Waals surface area contributed by atoms with Gasteiger partial charge in [-0.15, -0.1) is 0 Å². The van der Waals surface area contributed by atoms with Crippen LogP contribution < -0.4 is 0 Å². The van der Waals surface area contributed by atoms with Crippen LogP contribution in [0.1, 0.15) is 32.6 Å². The van der Waals surface area contributed by atoms with Crippen molar-refractivity contribution >= 4 is 0 Å². The molecule has 0 N–H and O–H groups in total. The van der Waals surface area contributed by atoms with Gasteiger partial charge in [-0.3, -0.25) is 0 Å². The first-order chi connectivity index (χ1) is 6.02. The first kappa shape index (κ1) is 8.80. The van der Waals surface area contributed by atoms with Crippen LogP contribution in [0.15, 0.2) is 36.5 Å². The molecular weight excluding hydrogens is 156 g/mol. The van der Waals surface area contributed by atoms with Gasteiger partial charge in [0, 0.05) is 0 Å². The molecule has 2 aliphatic rings. The third-order valence-electron chi connectivity index (χ3n) is 3.71. The molecule has 1 atom stereocenters. The van der Waals surface area contributed by atoms with Crippen molar-refractivity contribution in [1.82, 2.24) is 0 Å². The minimum Gasteiger partial charge on any atom is -0.0996 e. The summed E-state index contributed by atoms with van der Waals surface area (Å²) in [5.41, 5.74) is 4.47. The van der Waals surface area contributed by atoms with Gasteiger partial charge in [-0.1, -0.05) is 43.4 Å². The van der Waals surface area contributed by atoms with Crippen LogP contribution in [0.25, 0.3) is 0 Å². The highest BCUT2D eigenvalue weighted by Gasteiger charge is 2.43. The van der Waals surface area contributed by atoms with Crippen molar-refractivity contribution in [3.8, 4) is 0 Å². The lowest BCUT2D eigenvalue weighted by Gasteiger charge is -2.20. The second-order valence-electron chi connectivity index (χ2n) is 5.00. The average molecular weight is 174 g/mol. The summed E-state index contributed by atoms with van der Waals surface area (Å²) in [5, 5.41) is 0. The maximum Gasteiger partial charge on any atom is -0.0174 e. The average Bonchev–Trinajstić information content (AvgIpc) is 2.39. The SMILES string of the molecule is C=C1CC2(CC1=C)CC(=C)C(C)C2. The van der Waals surface area contributed by atoms with Gasteiger partial charge in [0.25, 0.3) is 0 Å².